The lowest BCUT2D eigenvalue weighted by Crippen LogP contribution is -2.33. The first-order valence-corrected chi connectivity index (χ1v) is 9.06. The fourth-order valence-corrected chi connectivity index (χ4v) is 3.76. The van der Waals surface area contributed by atoms with E-state index in [1.165, 1.54) is 16.3 Å². The first-order valence-electron chi connectivity index (χ1n) is 7.92. The molecule has 1 aliphatic carbocycles. The molecule has 0 spiro atoms. The van der Waals surface area contributed by atoms with E-state index in [-0.39, 0.29) is 0 Å². The second-order valence-electron chi connectivity index (χ2n) is 6.00. The Morgan fingerprint density at radius 1 is 0.962 bits per heavy atom. The van der Waals surface area contributed by atoms with Crippen LogP contribution in [0, 0.1) is 0 Å². The van der Waals surface area contributed by atoms with E-state index >= 15 is 0 Å². The highest BCUT2D eigenvalue weighted by atomic mass is 35.5. The molecule has 0 amide bonds. The predicted molar refractivity (Wildman–Crippen MR) is 114 cm³/mol. The van der Waals surface area contributed by atoms with E-state index in [1.807, 2.05) is 12.1 Å². The van der Waals surface area contributed by atoms with E-state index in [0.717, 1.165) is 11.3 Å². The molecule has 2 N–H and O–H groups in total. The van der Waals surface area contributed by atoms with Gasteiger partial charge in [-0.05, 0) is 34.5 Å². The lowest BCUT2D eigenvalue weighted by Gasteiger charge is -2.20. The maximum Gasteiger partial charge on any atom is 0.200 e. The van der Waals surface area contributed by atoms with E-state index in [2.05, 4.69) is 35.3 Å². The molecule has 3 nitrogen and oxygen atoms in total. The first-order chi connectivity index (χ1) is 12.5. The maximum atomic E-state index is 6.31. The highest BCUT2D eigenvalue weighted by Crippen LogP contribution is 2.39. The lowest BCUT2D eigenvalue weighted by atomic mass is 10.0. The number of aliphatic imine (C=N–C) groups is 1. The molecule has 130 valence electrons. The Hall–Kier alpha value is -2.20. The monoisotopic (exact) mass is 401 g/mol. The van der Waals surface area contributed by atoms with Gasteiger partial charge < -0.3 is 10.6 Å². The van der Waals surface area contributed by atoms with Crippen molar-refractivity contribution in [3.63, 3.8) is 0 Å². The lowest BCUT2D eigenvalue weighted by molar-refractivity contribution is 1.22. The quantitative estimate of drug-likeness (QED) is 0.240. The minimum absolute atomic E-state index is 0.294. The van der Waals surface area contributed by atoms with Crippen LogP contribution >= 0.6 is 34.8 Å². The number of rotatable bonds is 2. The van der Waals surface area contributed by atoms with Gasteiger partial charge in [-0.15, -0.1) is 0 Å². The van der Waals surface area contributed by atoms with Crippen LogP contribution in [-0.4, -0.2) is 13.0 Å². The molecule has 4 rings (SSSR count). The van der Waals surface area contributed by atoms with Crippen molar-refractivity contribution in [1.82, 2.24) is 0 Å². The Labute approximate surface area is 166 Å². The van der Waals surface area contributed by atoms with Crippen molar-refractivity contribution in [2.75, 3.05) is 11.9 Å². The number of hydrogen-bond donors (Lipinski definition) is 1. The van der Waals surface area contributed by atoms with E-state index < -0.39 is 0 Å². The van der Waals surface area contributed by atoms with Gasteiger partial charge in [0.1, 0.15) is 0 Å². The van der Waals surface area contributed by atoms with Gasteiger partial charge in [0.2, 0.25) is 5.96 Å². The summed E-state index contributed by atoms with van der Waals surface area (Å²) in [5.41, 5.74) is 9.93. The van der Waals surface area contributed by atoms with Crippen LogP contribution in [0.3, 0.4) is 0 Å². The molecular weight excluding hydrogens is 389 g/mol. The van der Waals surface area contributed by atoms with Crippen LogP contribution in [0.4, 0.5) is 11.4 Å². The summed E-state index contributed by atoms with van der Waals surface area (Å²) in [6, 6.07) is 13.7. The van der Waals surface area contributed by atoms with Crippen LogP contribution in [0.1, 0.15) is 11.1 Å². The Kier molecular flexibility index (Phi) is 4.31. The van der Waals surface area contributed by atoms with Crippen molar-refractivity contribution >= 4 is 75.1 Å². The van der Waals surface area contributed by atoms with Crippen LogP contribution in [0.15, 0.2) is 47.5 Å². The number of halogens is 3. The number of guanidine groups is 1. The van der Waals surface area contributed by atoms with E-state index in [4.69, 9.17) is 40.5 Å². The van der Waals surface area contributed by atoms with Crippen molar-refractivity contribution < 1.29 is 0 Å². The van der Waals surface area contributed by atoms with Gasteiger partial charge in [-0.2, -0.15) is 0 Å². The Balaban J connectivity index is 1.77. The molecule has 1 aliphatic rings. The zero-order valence-electron chi connectivity index (χ0n) is 13.8. The molecule has 26 heavy (non-hydrogen) atoms. The number of hydrogen-bond acceptors (Lipinski definition) is 1. The topological polar surface area (TPSA) is 41.6 Å². The van der Waals surface area contributed by atoms with Gasteiger partial charge in [0.25, 0.3) is 0 Å². The molecule has 0 bridgehead atoms. The second-order valence-corrected chi connectivity index (χ2v) is 7.16. The van der Waals surface area contributed by atoms with E-state index in [9.17, 15) is 0 Å². The van der Waals surface area contributed by atoms with Crippen LogP contribution in [0.2, 0.25) is 15.1 Å². The SMILES string of the molecule is CN(C(N)=Nc1ccc2cccc3c2c1C=C3)c1ccc(Cl)c(Cl)c1Cl. The minimum atomic E-state index is 0.294. The largest absolute Gasteiger partial charge is 0.369 e. The molecule has 0 aromatic heterocycles. The summed E-state index contributed by atoms with van der Waals surface area (Å²) in [4.78, 5) is 6.30. The summed E-state index contributed by atoms with van der Waals surface area (Å²) >= 11 is 18.4. The van der Waals surface area contributed by atoms with Gasteiger partial charge in [-0.25, -0.2) is 4.99 Å². The third kappa shape index (κ3) is 2.73. The highest BCUT2D eigenvalue weighted by Gasteiger charge is 2.16. The molecule has 0 unspecified atom stereocenters. The summed E-state index contributed by atoms with van der Waals surface area (Å²) in [6.45, 7) is 0. The second kappa shape index (κ2) is 6.51. The molecule has 6 heteroatoms. The van der Waals surface area contributed by atoms with Crippen molar-refractivity contribution in [2.45, 2.75) is 0 Å². The summed E-state index contributed by atoms with van der Waals surface area (Å²) in [5.74, 6) is 0.304. The summed E-state index contributed by atoms with van der Waals surface area (Å²) in [7, 11) is 1.78. The molecule has 0 heterocycles. The molecule has 0 fully saturated rings. The van der Waals surface area contributed by atoms with Gasteiger partial charge in [-0.1, -0.05) is 71.2 Å². The molecule has 3 aromatic carbocycles. The van der Waals surface area contributed by atoms with E-state index in [1.54, 1.807) is 24.1 Å². The van der Waals surface area contributed by atoms with Crippen molar-refractivity contribution in [3.8, 4) is 0 Å². The molecule has 0 aliphatic heterocycles. The fraction of sp³-hybridized carbons (Fsp3) is 0.0500. The third-order valence-corrected chi connectivity index (χ3v) is 5.76. The van der Waals surface area contributed by atoms with Gasteiger partial charge in [0.15, 0.2) is 0 Å². The number of nitrogens with two attached hydrogens (primary N) is 1. The van der Waals surface area contributed by atoms with Crippen LogP contribution in [-0.2, 0) is 0 Å². The van der Waals surface area contributed by atoms with Crippen molar-refractivity contribution in [3.05, 3.63) is 68.7 Å². The maximum absolute atomic E-state index is 6.31. The van der Waals surface area contributed by atoms with Gasteiger partial charge >= 0.3 is 0 Å². The van der Waals surface area contributed by atoms with Crippen LogP contribution in [0.5, 0.6) is 0 Å². The summed E-state index contributed by atoms with van der Waals surface area (Å²) < 4.78 is 0. The average molecular weight is 403 g/mol. The third-order valence-electron chi connectivity index (χ3n) is 4.48. The molecule has 0 saturated carbocycles. The first kappa shape index (κ1) is 17.2. The highest BCUT2D eigenvalue weighted by molar-refractivity contribution is 6.49. The smallest absolute Gasteiger partial charge is 0.200 e. The number of anilines is 1. The van der Waals surface area contributed by atoms with Gasteiger partial charge in [0, 0.05) is 12.6 Å². The van der Waals surface area contributed by atoms with E-state index in [0.29, 0.717) is 26.7 Å². The van der Waals surface area contributed by atoms with Gasteiger partial charge in [0.05, 0.1) is 26.4 Å². The molecule has 0 saturated heterocycles. The molecule has 0 radical (unpaired) electrons. The molecule has 3 aromatic rings. The van der Waals surface area contributed by atoms with Crippen molar-refractivity contribution in [1.29, 1.82) is 0 Å². The fourth-order valence-electron chi connectivity index (χ4n) is 3.10. The summed E-state index contributed by atoms with van der Waals surface area (Å²) in [5, 5.41) is 3.40. The average Bonchev–Trinajstić information content (AvgIpc) is 3.08. The Bertz CT molecular complexity index is 1100. The predicted octanol–water partition coefficient (Wildman–Crippen LogP) is 6.37. The van der Waals surface area contributed by atoms with Crippen LogP contribution in [0.25, 0.3) is 22.9 Å². The normalized spacial score (nSPS) is 12.8. The summed E-state index contributed by atoms with van der Waals surface area (Å²) in [6.07, 6.45) is 4.16. The molecule has 0 atom stereocenters. The molecular formula is C20H14Cl3N3. The zero-order valence-corrected chi connectivity index (χ0v) is 16.1. The van der Waals surface area contributed by atoms with Crippen molar-refractivity contribution in [2.24, 2.45) is 10.7 Å². The standard InChI is InChI=1S/C20H14Cl3N3/c1-26(16-10-8-14(21)18(22)19(16)23)20(24)25-15-9-6-12-4-2-3-11-5-7-13(15)17(11)12/h2-10H,1H3,(H2,24,25). The van der Waals surface area contributed by atoms with Crippen LogP contribution < -0.4 is 10.6 Å². The van der Waals surface area contributed by atoms with Gasteiger partial charge in [-0.3, -0.25) is 0 Å². The Morgan fingerprint density at radius 2 is 1.77 bits per heavy atom. The number of benzene rings is 3. The minimum Gasteiger partial charge on any atom is -0.369 e. The number of nitrogens with zero attached hydrogens (tertiary/aromatic N) is 2. The zero-order chi connectivity index (χ0) is 18.4. The Morgan fingerprint density at radius 3 is 2.58 bits per heavy atom.